The standard InChI is InChI=1S/C13H18N2/c1-2-15(8-14-1)13-11-4-9-3-10(6-11)7-12(13)5-9/h1-2,8-13H,3-7H2. The van der Waals surface area contributed by atoms with E-state index in [0.29, 0.717) is 0 Å². The van der Waals surface area contributed by atoms with E-state index in [2.05, 4.69) is 15.7 Å². The van der Waals surface area contributed by atoms with Crippen molar-refractivity contribution in [1.29, 1.82) is 0 Å². The van der Waals surface area contributed by atoms with Gasteiger partial charge in [-0.05, 0) is 55.8 Å². The summed E-state index contributed by atoms with van der Waals surface area (Å²) in [6.07, 6.45) is 13.7. The molecule has 15 heavy (non-hydrogen) atoms. The van der Waals surface area contributed by atoms with Crippen LogP contribution >= 0.6 is 0 Å². The van der Waals surface area contributed by atoms with Crippen molar-refractivity contribution in [3.05, 3.63) is 18.7 Å². The summed E-state index contributed by atoms with van der Waals surface area (Å²) in [5.74, 6) is 4.09. The highest BCUT2D eigenvalue weighted by atomic mass is 15.1. The molecule has 4 bridgehead atoms. The fraction of sp³-hybridized carbons (Fsp3) is 0.769. The van der Waals surface area contributed by atoms with Crippen LogP contribution in [0.2, 0.25) is 0 Å². The Morgan fingerprint density at radius 3 is 2.13 bits per heavy atom. The molecule has 0 amide bonds. The van der Waals surface area contributed by atoms with Gasteiger partial charge in [0.1, 0.15) is 0 Å². The molecule has 0 aliphatic heterocycles. The summed E-state index contributed by atoms with van der Waals surface area (Å²) in [6, 6.07) is 0.792. The highest BCUT2D eigenvalue weighted by molar-refractivity contribution is 5.01. The molecule has 1 aromatic rings. The van der Waals surface area contributed by atoms with Crippen molar-refractivity contribution >= 4 is 0 Å². The zero-order valence-electron chi connectivity index (χ0n) is 9.05. The molecule has 0 aromatic carbocycles. The molecule has 0 N–H and O–H groups in total. The molecule has 2 nitrogen and oxygen atoms in total. The van der Waals surface area contributed by atoms with Crippen molar-refractivity contribution in [2.75, 3.05) is 0 Å². The number of nitrogens with zero attached hydrogens (tertiary/aromatic N) is 2. The van der Waals surface area contributed by atoms with Crippen LogP contribution in [-0.4, -0.2) is 9.55 Å². The first-order valence-corrected chi connectivity index (χ1v) is 6.37. The van der Waals surface area contributed by atoms with Gasteiger partial charge < -0.3 is 4.57 Å². The Balaban J connectivity index is 1.71. The Hall–Kier alpha value is -0.790. The zero-order chi connectivity index (χ0) is 9.83. The van der Waals surface area contributed by atoms with E-state index in [1.807, 2.05) is 12.5 Å². The maximum Gasteiger partial charge on any atom is 0.0948 e. The third kappa shape index (κ3) is 1.14. The maximum atomic E-state index is 4.22. The summed E-state index contributed by atoms with van der Waals surface area (Å²) in [5, 5.41) is 0. The van der Waals surface area contributed by atoms with Crippen LogP contribution in [0, 0.1) is 23.7 Å². The van der Waals surface area contributed by atoms with Crippen molar-refractivity contribution in [2.45, 2.75) is 38.1 Å². The fourth-order valence-corrected chi connectivity index (χ4v) is 4.83. The minimum absolute atomic E-state index is 0.792. The van der Waals surface area contributed by atoms with E-state index in [1.165, 1.54) is 25.7 Å². The molecular weight excluding hydrogens is 184 g/mol. The van der Waals surface area contributed by atoms with Crippen molar-refractivity contribution in [1.82, 2.24) is 9.55 Å². The van der Waals surface area contributed by atoms with Gasteiger partial charge in [0.05, 0.1) is 6.33 Å². The summed E-state index contributed by atoms with van der Waals surface area (Å²) < 4.78 is 2.40. The molecule has 0 saturated heterocycles. The second-order valence-corrected chi connectivity index (χ2v) is 5.93. The molecule has 1 heterocycles. The summed E-state index contributed by atoms with van der Waals surface area (Å²) >= 11 is 0. The van der Waals surface area contributed by atoms with Gasteiger partial charge in [0.2, 0.25) is 0 Å². The average molecular weight is 202 g/mol. The zero-order valence-corrected chi connectivity index (χ0v) is 9.05. The van der Waals surface area contributed by atoms with Gasteiger partial charge in [-0.25, -0.2) is 4.98 Å². The monoisotopic (exact) mass is 202 g/mol. The first-order valence-electron chi connectivity index (χ1n) is 6.37. The maximum absolute atomic E-state index is 4.22. The van der Waals surface area contributed by atoms with Gasteiger partial charge in [-0.3, -0.25) is 0 Å². The van der Waals surface area contributed by atoms with Crippen LogP contribution in [0.4, 0.5) is 0 Å². The van der Waals surface area contributed by atoms with E-state index in [1.54, 1.807) is 6.42 Å². The summed E-state index contributed by atoms with van der Waals surface area (Å²) in [5.41, 5.74) is 0. The van der Waals surface area contributed by atoms with Crippen LogP contribution in [0.1, 0.15) is 38.1 Å². The lowest BCUT2D eigenvalue weighted by molar-refractivity contribution is -0.0291. The predicted molar refractivity (Wildman–Crippen MR) is 58.3 cm³/mol. The lowest BCUT2D eigenvalue weighted by Gasteiger charge is -2.54. The van der Waals surface area contributed by atoms with Crippen LogP contribution < -0.4 is 0 Å². The SMILES string of the molecule is c1cn(C2C3CC4CC(C3)CC2C4)cn1. The minimum atomic E-state index is 0.792. The third-order valence-corrected chi connectivity index (χ3v) is 5.05. The lowest BCUT2D eigenvalue weighted by Crippen LogP contribution is -2.45. The molecule has 5 rings (SSSR count). The molecule has 4 fully saturated rings. The molecule has 80 valence electrons. The number of rotatable bonds is 1. The van der Waals surface area contributed by atoms with E-state index in [0.717, 1.165) is 29.7 Å². The lowest BCUT2D eigenvalue weighted by atomic mass is 9.54. The molecule has 0 unspecified atom stereocenters. The Kier molecular flexibility index (Phi) is 1.60. The molecule has 4 aliphatic rings. The highest BCUT2D eigenvalue weighted by Crippen LogP contribution is 2.58. The molecule has 1 aromatic heterocycles. The smallest absolute Gasteiger partial charge is 0.0948 e. The minimum Gasteiger partial charge on any atom is -0.334 e. The third-order valence-electron chi connectivity index (χ3n) is 5.05. The van der Waals surface area contributed by atoms with Gasteiger partial charge in [-0.1, -0.05) is 0 Å². The number of aromatic nitrogens is 2. The van der Waals surface area contributed by atoms with Crippen molar-refractivity contribution in [3.8, 4) is 0 Å². The van der Waals surface area contributed by atoms with Gasteiger partial charge in [0.15, 0.2) is 0 Å². The van der Waals surface area contributed by atoms with Crippen LogP contribution in [0.3, 0.4) is 0 Å². The average Bonchev–Trinajstić information content (AvgIpc) is 2.69. The van der Waals surface area contributed by atoms with Gasteiger partial charge in [0, 0.05) is 18.4 Å². The van der Waals surface area contributed by atoms with Crippen LogP contribution in [0.15, 0.2) is 18.7 Å². The second-order valence-electron chi connectivity index (χ2n) is 5.93. The Morgan fingerprint density at radius 2 is 1.60 bits per heavy atom. The second kappa shape index (κ2) is 2.87. The Morgan fingerprint density at radius 1 is 0.933 bits per heavy atom. The van der Waals surface area contributed by atoms with Crippen molar-refractivity contribution in [2.24, 2.45) is 23.7 Å². The fourth-order valence-electron chi connectivity index (χ4n) is 4.83. The van der Waals surface area contributed by atoms with E-state index in [-0.39, 0.29) is 0 Å². The van der Waals surface area contributed by atoms with E-state index in [9.17, 15) is 0 Å². The molecule has 0 radical (unpaired) electrons. The van der Waals surface area contributed by atoms with Gasteiger partial charge in [-0.2, -0.15) is 0 Å². The van der Waals surface area contributed by atoms with Crippen LogP contribution in [0.5, 0.6) is 0 Å². The largest absolute Gasteiger partial charge is 0.334 e. The summed E-state index contributed by atoms with van der Waals surface area (Å²) in [7, 11) is 0. The number of hydrogen-bond donors (Lipinski definition) is 0. The van der Waals surface area contributed by atoms with Crippen molar-refractivity contribution < 1.29 is 0 Å². The normalized spacial score (nSPS) is 47.3. The van der Waals surface area contributed by atoms with E-state index >= 15 is 0 Å². The molecule has 4 saturated carbocycles. The quantitative estimate of drug-likeness (QED) is 0.684. The molecule has 0 spiro atoms. The van der Waals surface area contributed by atoms with E-state index in [4.69, 9.17) is 0 Å². The number of imidazole rings is 1. The van der Waals surface area contributed by atoms with E-state index < -0.39 is 0 Å². The first kappa shape index (κ1) is 8.37. The highest BCUT2D eigenvalue weighted by Gasteiger charge is 2.48. The number of hydrogen-bond acceptors (Lipinski definition) is 1. The van der Waals surface area contributed by atoms with Crippen molar-refractivity contribution in [3.63, 3.8) is 0 Å². The molecule has 0 atom stereocenters. The summed E-state index contributed by atoms with van der Waals surface area (Å²) in [6.45, 7) is 0. The molecule has 2 heteroatoms. The molecule has 4 aliphatic carbocycles. The Labute approximate surface area is 90.7 Å². The van der Waals surface area contributed by atoms with Crippen LogP contribution in [0.25, 0.3) is 0 Å². The Bertz CT molecular complexity index is 327. The summed E-state index contributed by atoms with van der Waals surface area (Å²) in [4.78, 5) is 4.22. The van der Waals surface area contributed by atoms with Crippen LogP contribution in [-0.2, 0) is 0 Å². The predicted octanol–water partition coefficient (Wildman–Crippen LogP) is 2.88. The van der Waals surface area contributed by atoms with Gasteiger partial charge >= 0.3 is 0 Å². The van der Waals surface area contributed by atoms with Gasteiger partial charge in [0.25, 0.3) is 0 Å². The molecular formula is C13H18N2. The first-order chi connectivity index (χ1) is 7.40. The topological polar surface area (TPSA) is 17.8 Å². The van der Waals surface area contributed by atoms with Gasteiger partial charge in [-0.15, -0.1) is 0 Å².